The number of hydrogen-bond acceptors (Lipinski definition) is 3. The number of thiophene rings is 1. The molecule has 1 aliphatic rings. The minimum Gasteiger partial charge on any atom is -0.312 e. The fourth-order valence-corrected chi connectivity index (χ4v) is 3.69. The Morgan fingerprint density at radius 3 is 2.65 bits per heavy atom. The third kappa shape index (κ3) is 4.57. The van der Waals surface area contributed by atoms with E-state index in [2.05, 4.69) is 51.0 Å². The first-order valence-corrected chi connectivity index (χ1v) is 8.78. The van der Waals surface area contributed by atoms with E-state index in [-0.39, 0.29) is 0 Å². The van der Waals surface area contributed by atoms with Gasteiger partial charge in [-0.25, -0.2) is 0 Å². The molecule has 0 bridgehead atoms. The van der Waals surface area contributed by atoms with Crippen molar-refractivity contribution in [3.63, 3.8) is 0 Å². The SMILES string of the molecule is Cc1sc(CNCC(C)C)cc1CN(C)C(C)C1CC1. The van der Waals surface area contributed by atoms with Gasteiger partial charge < -0.3 is 5.32 Å². The number of nitrogens with one attached hydrogen (secondary N) is 1. The minimum atomic E-state index is 0.723. The summed E-state index contributed by atoms with van der Waals surface area (Å²) >= 11 is 1.95. The van der Waals surface area contributed by atoms with Gasteiger partial charge in [0.2, 0.25) is 0 Å². The van der Waals surface area contributed by atoms with Gasteiger partial charge in [-0.15, -0.1) is 11.3 Å². The maximum absolute atomic E-state index is 3.54. The summed E-state index contributed by atoms with van der Waals surface area (Å²) in [5.74, 6) is 1.67. The van der Waals surface area contributed by atoms with Crippen molar-refractivity contribution in [1.29, 1.82) is 0 Å². The van der Waals surface area contributed by atoms with E-state index in [9.17, 15) is 0 Å². The first-order chi connectivity index (χ1) is 9.47. The first-order valence-electron chi connectivity index (χ1n) is 7.96. The summed E-state index contributed by atoms with van der Waals surface area (Å²) < 4.78 is 0. The second-order valence-electron chi connectivity index (χ2n) is 6.81. The van der Waals surface area contributed by atoms with E-state index in [0.29, 0.717) is 0 Å². The Bertz CT molecular complexity index is 421. The normalized spacial score (nSPS) is 17.1. The van der Waals surface area contributed by atoms with Gasteiger partial charge in [-0.1, -0.05) is 13.8 Å². The van der Waals surface area contributed by atoms with E-state index in [0.717, 1.165) is 37.5 Å². The van der Waals surface area contributed by atoms with Gasteiger partial charge >= 0.3 is 0 Å². The monoisotopic (exact) mass is 294 g/mol. The summed E-state index contributed by atoms with van der Waals surface area (Å²) in [6, 6.07) is 3.14. The molecular weight excluding hydrogens is 264 g/mol. The van der Waals surface area contributed by atoms with Gasteiger partial charge in [0.15, 0.2) is 0 Å². The van der Waals surface area contributed by atoms with Gasteiger partial charge in [0.25, 0.3) is 0 Å². The van der Waals surface area contributed by atoms with Crippen molar-refractivity contribution in [3.05, 3.63) is 21.4 Å². The Kier molecular flexibility index (Phi) is 5.65. The standard InChI is InChI=1S/C17H30N2S/c1-12(2)9-18-10-17-8-16(14(4)20-17)11-19(5)13(3)15-6-7-15/h8,12-13,15,18H,6-7,9-11H2,1-5H3. The van der Waals surface area contributed by atoms with Crippen molar-refractivity contribution in [2.75, 3.05) is 13.6 Å². The molecule has 20 heavy (non-hydrogen) atoms. The van der Waals surface area contributed by atoms with Crippen LogP contribution >= 0.6 is 11.3 Å². The van der Waals surface area contributed by atoms with Gasteiger partial charge in [-0.3, -0.25) is 4.90 Å². The van der Waals surface area contributed by atoms with E-state index in [1.807, 2.05) is 11.3 Å². The second-order valence-corrected chi connectivity index (χ2v) is 8.15. The van der Waals surface area contributed by atoms with Gasteiger partial charge in [-0.05, 0) is 63.7 Å². The van der Waals surface area contributed by atoms with Gasteiger partial charge in [0.05, 0.1) is 0 Å². The summed E-state index contributed by atoms with van der Waals surface area (Å²) in [4.78, 5) is 5.49. The lowest BCUT2D eigenvalue weighted by Gasteiger charge is -2.24. The zero-order chi connectivity index (χ0) is 14.7. The molecule has 1 heterocycles. The van der Waals surface area contributed by atoms with Crippen LogP contribution in [0.5, 0.6) is 0 Å². The summed E-state index contributed by atoms with van der Waals surface area (Å²) in [5, 5.41) is 3.54. The van der Waals surface area contributed by atoms with Crippen LogP contribution in [0, 0.1) is 18.8 Å². The van der Waals surface area contributed by atoms with E-state index in [1.54, 1.807) is 0 Å². The summed E-state index contributed by atoms with van der Waals surface area (Å²) in [5.41, 5.74) is 1.52. The Balaban J connectivity index is 1.86. The summed E-state index contributed by atoms with van der Waals surface area (Å²) in [6.45, 7) is 12.4. The highest BCUT2D eigenvalue weighted by Gasteiger charge is 2.30. The number of hydrogen-bond donors (Lipinski definition) is 1. The van der Waals surface area contributed by atoms with E-state index >= 15 is 0 Å². The highest BCUT2D eigenvalue weighted by Crippen LogP contribution is 2.35. The van der Waals surface area contributed by atoms with Crippen LogP contribution in [0.4, 0.5) is 0 Å². The number of aryl methyl sites for hydroxylation is 1. The van der Waals surface area contributed by atoms with Crippen molar-refractivity contribution in [2.24, 2.45) is 11.8 Å². The average Bonchev–Trinajstić information content (AvgIpc) is 3.15. The predicted molar refractivity (Wildman–Crippen MR) is 89.3 cm³/mol. The molecule has 1 atom stereocenters. The lowest BCUT2D eigenvalue weighted by molar-refractivity contribution is 0.226. The molecule has 0 spiro atoms. The molecule has 0 aliphatic heterocycles. The third-order valence-corrected chi connectivity index (χ3v) is 5.44. The highest BCUT2D eigenvalue weighted by molar-refractivity contribution is 7.12. The zero-order valence-corrected chi connectivity index (χ0v) is 14.5. The van der Waals surface area contributed by atoms with Crippen LogP contribution in [0.15, 0.2) is 6.07 Å². The fraction of sp³-hybridized carbons (Fsp3) is 0.765. The largest absolute Gasteiger partial charge is 0.312 e. The van der Waals surface area contributed by atoms with Crippen LogP contribution in [0.25, 0.3) is 0 Å². The summed E-state index contributed by atoms with van der Waals surface area (Å²) in [6.07, 6.45) is 2.86. The molecule has 1 saturated carbocycles. The zero-order valence-electron chi connectivity index (χ0n) is 13.7. The van der Waals surface area contributed by atoms with Gasteiger partial charge in [0.1, 0.15) is 0 Å². The molecule has 114 valence electrons. The minimum absolute atomic E-state index is 0.723. The molecule has 1 fully saturated rings. The Hall–Kier alpha value is -0.380. The molecular formula is C17H30N2S. The molecule has 1 aromatic heterocycles. The van der Waals surface area contributed by atoms with E-state index in [4.69, 9.17) is 0 Å². The van der Waals surface area contributed by atoms with Crippen molar-refractivity contribution >= 4 is 11.3 Å². The molecule has 1 aliphatic carbocycles. The van der Waals surface area contributed by atoms with Gasteiger partial charge in [-0.2, -0.15) is 0 Å². The predicted octanol–water partition coefficient (Wildman–Crippen LogP) is 4.03. The van der Waals surface area contributed by atoms with Crippen LogP contribution in [0.3, 0.4) is 0 Å². The van der Waals surface area contributed by atoms with Crippen LogP contribution in [-0.2, 0) is 13.1 Å². The quantitative estimate of drug-likeness (QED) is 0.778. The molecule has 0 saturated heterocycles. The molecule has 1 aromatic rings. The average molecular weight is 295 g/mol. The maximum atomic E-state index is 3.54. The number of nitrogens with zero attached hydrogens (tertiary/aromatic N) is 1. The lowest BCUT2D eigenvalue weighted by atomic mass is 10.1. The molecule has 2 nitrogen and oxygen atoms in total. The summed E-state index contributed by atoms with van der Waals surface area (Å²) in [7, 11) is 2.27. The van der Waals surface area contributed by atoms with Crippen molar-refractivity contribution in [3.8, 4) is 0 Å². The van der Waals surface area contributed by atoms with Crippen LogP contribution in [0.1, 0.15) is 48.9 Å². The Labute approximate surface area is 128 Å². The third-order valence-electron chi connectivity index (χ3n) is 4.34. The molecule has 2 rings (SSSR count). The topological polar surface area (TPSA) is 15.3 Å². The van der Waals surface area contributed by atoms with Crippen molar-refractivity contribution < 1.29 is 0 Å². The van der Waals surface area contributed by atoms with E-state index in [1.165, 1.54) is 28.2 Å². The van der Waals surface area contributed by atoms with Crippen LogP contribution in [0.2, 0.25) is 0 Å². The molecule has 1 unspecified atom stereocenters. The van der Waals surface area contributed by atoms with Crippen molar-refractivity contribution in [1.82, 2.24) is 10.2 Å². The second kappa shape index (κ2) is 7.06. The van der Waals surface area contributed by atoms with Gasteiger partial charge in [0, 0.05) is 28.9 Å². The molecule has 3 heteroatoms. The van der Waals surface area contributed by atoms with E-state index < -0.39 is 0 Å². The molecule has 0 amide bonds. The lowest BCUT2D eigenvalue weighted by Crippen LogP contribution is -2.30. The molecule has 1 N–H and O–H groups in total. The molecule has 0 radical (unpaired) electrons. The highest BCUT2D eigenvalue weighted by atomic mass is 32.1. The first kappa shape index (κ1) is 16.0. The Morgan fingerprint density at radius 2 is 2.05 bits per heavy atom. The van der Waals surface area contributed by atoms with Crippen LogP contribution in [-0.4, -0.2) is 24.5 Å². The smallest absolute Gasteiger partial charge is 0.0300 e. The van der Waals surface area contributed by atoms with Crippen LogP contribution < -0.4 is 5.32 Å². The van der Waals surface area contributed by atoms with Crippen molar-refractivity contribution in [2.45, 2.75) is 59.7 Å². The fourth-order valence-electron chi connectivity index (χ4n) is 2.67. The maximum Gasteiger partial charge on any atom is 0.0300 e. The molecule has 0 aromatic carbocycles. The Morgan fingerprint density at radius 1 is 1.35 bits per heavy atom. The number of rotatable bonds is 8.